The molecule has 7 nitrogen and oxygen atoms in total. The Morgan fingerprint density at radius 2 is 2.24 bits per heavy atom. The molecular weight excluding hydrogens is 277 g/mol. The molecule has 8 heteroatoms. The number of nitrogens with zero attached hydrogens (tertiary/aromatic N) is 1. The molecular formula is C13H16FN5O2. The van der Waals surface area contributed by atoms with Gasteiger partial charge in [-0.1, -0.05) is 18.2 Å². The number of aliphatic hydroxyl groups is 1. The van der Waals surface area contributed by atoms with Gasteiger partial charge in [-0.3, -0.25) is 15.5 Å². The zero-order chi connectivity index (χ0) is 14.8. The van der Waals surface area contributed by atoms with Gasteiger partial charge in [0.1, 0.15) is 18.1 Å². The van der Waals surface area contributed by atoms with Crippen molar-refractivity contribution in [2.24, 2.45) is 10.9 Å². The van der Waals surface area contributed by atoms with Gasteiger partial charge in [0.05, 0.1) is 12.5 Å². The fraction of sp³-hybridized carbons (Fsp3) is 0.385. The molecule has 0 radical (unpaired) electrons. The van der Waals surface area contributed by atoms with Gasteiger partial charge in [-0.2, -0.15) is 0 Å². The third-order valence-corrected chi connectivity index (χ3v) is 3.54. The average molecular weight is 293 g/mol. The third-order valence-electron chi connectivity index (χ3n) is 3.54. The largest absolute Gasteiger partial charge is 0.386 e. The van der Waals surface area contributed by atoms with Crippen LogP contribution in [-0.4, -0.2) is 36.2 Å². The lowest BCUT2D eigenvalue weighted by Crippen LogP contribution is -2.61. The molecule has 2 aliphatic rings. The number of halogens is 1. The molecule has 112 valence electrons. The van der Waals surface area contributed by atoms with Crippen molar-refractivity contribution in [1.82, 2.24) is 21.5 Å². The predicted molar refractivity (Wildman–Crippen MR) is 73.4 cm³/mol. The zero-order valence-electron chi connectivity index (χ0n) is 11.1. The van der Waals surface area contributed by atoms with Gasteiger partial charge in [0.15, 0.2) is 5.96 Å². The van der Waals surface area contributed by atoms with E-state index in [4.69, 9.17) is 0 Å². The van der Waals surface area contributed by atoms with E-state index in [0.717, 1.165) is 0 Å². The van der Waals surface area contributed by atoms with Gasteiger partial charge < -0.3 is 10.4 Å². The second kappa shape index (κ2) is 5.76. The number of aliphatic hydroxyl groups excluding tert-OH is 1. The number of carbonyl (C=O) groups is 1. The standard InChI is InChI=1S/C13H16FN5O2/c14-9-4-2-1-3-7(9)10(20)6-15-13-17-11-8(5-16-19-11)12(21)18-13/h1-4,8,10-11,16,19-20H,5-6H2,(H2,15,17,18,21). The number of guanidine groups is 1. The van der Waals surface area contributed by atoms with E-state index in [2.05, 4.69) is 26.5 Å². The maximum absolute atomic E-state index is 13.5. The van der Waals surface area contributed by atoms with E-state index in [1.807, 2.05) is 0 Å². The number of aliphatic imine (C=N–C) groups is 1. The van der Waals surface area contributed by atoms with Crippen molar-refractivity contribution in [3.63, 3.8) is 0 Å². The molecule has 1 amide bonds. The maximum Gasteiger partial charge on any atom is 0.234 e. The van der Waals surface area contributed by atoms with Crippen LogP contribution >= 0.6 is 0 Å². The Labute approximate surface area is 120 Å². The van der Waals surface area contributed by atoms with Crippen molar-refractivity contribution in [2.45, 2.75) is 12.3 Å². The molecule has 3 rings (SSSR count). The van der Waals surface area contributed by atoms with Crippen molar-refractivity contribution in [2.75, 3.05) is 13.1 Å². The van der Waals surface area contributed by atoms with Crippen LogP contribution in [0.3, 0.4) is 0 Å². The molecule has 3 unspecified atom stereocenters. The molecule has 1 aromatic rings. The van der Waals surface area contributed by atoms with E-state index in [0.29, 0.717) is 6.54 Å². The van der Waals surface area contributed by atoms with Gasteiger partial charge >= 0.3 is 0 Å². The van der Waals surface area contributed by atoms with Crippen LogP contribution in [-0.2, 0) is 4.79 Å². The van der Waals surface area contributed by atoms with Gasteiger partial charge in [0.25, 0.3) is 0 Å². The van der Waals surface area contributed by atoms with Crippen LogP contribution in [0.15, 0.2) is 29.3 Å². The summed E-state index contributed by atoms with van der Waals surface area (Å²) in [5, 5.41) is 15.6. The van der Waals surface area contributed by atoms with Crippen LogP contribution in [0.2, 0.25) is 0 Å². The van der Waals surface area contributed by atoms with E-state index < -0.39 is 11.9 Å². The Morgan fingerprint density at radius 1 is 1.43 bits per heavy atom. The van der Waals surface area contributed by atoms with E-state index in [-0.39, 0.29) is 36.1 Å². The fourth-order valence-electron chi connectivity index (χ4n) is 2.38. The van der Waals surface area contributed by atoms with Gasteiger partial charge in [-0.15, -0.1) is 0 Å². The first-order chi connectivity index (χ1) is 10.1. The van der Waals surface area contributed by atoms with E-state index in [9.17, 15) is 14.3 Å². The second-order valence-corrected chi connectivity index (χ2v) is 4.97. The Kier molecular flexibility index (Phi) is 3.82. The van der Waals surface area contributed by atoms with E-state index in [1.54, 1.807) is 12.1 Å². The van der Waals surface area contributed by atoms with Crippen LogP contribution < -0.4 is 21.5 Å². The first kappa shape index (κ1) is 13.9. The van der Waals surface area contributed by atoms with Crippen LogP contribution in [0.1, 0.15) is 11.7 Å². The number of hydrogen-bond acceptors (Lipinski definition) is 5. The van der Waals surface area contributed by atoms with E-state index in [1.165, 1.54) is 12.1 Å². The summed E-state index contributed by atoms with van der Waals surface area (Å²) in [4.78, 5) is 15.9. The number of benzene rings is 1. The number of fused-ring (bicyclic) bond motifs is 1. The summed E-state index contributed by atoms with van der Waals surface area (Å²) in [5.74, 6) is -0.559. The SMILES string of the molecule is O=C1NC(=NCC(O)c2ccccc2F)NC2NNCC12. The van der Waals surface area contributed by atoms with Crippen LogP contribution in [0.5, 0.6) is 0 Å². The predicted octanol–water partition coefficient (Wildman–Crippen LogP) is -1.02. The van der Waals surface area contributed by atoms with Gasteiger partial charge in [-0.25, -0.2) is 14.8 Å². The number of hydrazine groups is 1. The molecule has 1 aromatic carbocycles. The van der Waals surface area contributed by atoms with Crippen LogP contribution in [0.4, 0.5) is 4.39 Å². The topological polar surface area (TPSA) is 97.8 Å². The monoisotopic (exact) mass is 293 g/mol. The van der Waals surface area contributed by atoms with Crippen LogP contribution in [0.25, 0.3) is 0 Å². The molecule has 5 N–H and O–H groups in total. The van der Waals surface area contributed by atoms with Crippen LogP contribution in [0, 0.1) is 11.7 Å². The highest BCUT2D eigenvalue weighted by molar-refractivity contribution is 6.01. The van der Waals surface area contributed by atoms with Crippen molar-refractivity contribution in [1.29, 1.82) is 0 Å². The summed E-state index contributed by atoms with van der Waals surface area (Å²) < 4.78 is 13.5. The fourth-order valence-corrected chi connectivity index (χ4v) is 2.38. The summed E-state index contributed by atoms with van der Waals surface area (Å²) in [6.07, 6.45) is -1.30. The second-order valence-electron chi connectivity index (χ2n) is 4.97. The first-order valence-electron chi connectivity index (χ1n) is 6.68. The smallest absolute Gasteiger partial charge is 0.234 e. The van der Waals surface area contributed by atoms with Crippen molar-refractivity contribution in [3.05, 3.63) is 35.6 Å². The zero-order valence-corrected chi connectivity index (χ0v) is 11.1. The quantitative estimate of drug-likeness (QED) is 0.492. The Bertz CT molecular complexity index is 579. The van der Waals surface area contributed by atoms with Crippen molar-refractivity contribution >= 4 is 11.9 Å². The highest BCUT2D eigenvalue weighted by atomic mass is 19.1. The summed E-state index contributed by atoms with van der Waals surface area (Å²) in [6, 6.07) is 5.99. The number of amides is 1. The van der Waals surface area contributed by atoms with Gasteiger partial charge in [0, 0.05) is 12.1 Å². The molecule has 0 aromatic heterocycles. The third kappa shape index (κ3) is 2.87. The van der Waals surface area contributed by atoms with Crippen molar-refractivity contribution < 1.29 is 14.3 Å². The summed E-state index contributed by atoms with van der Waals surface area (Å²) in [7, 11) is 0. The molecule has 0 bridgehead atoms. The number of rotatable bonds is 3. The molecule has 2 heterocycles. The molecule has 2 aliphatic heterocycles. The first-order valence-corrected chi connectivity index (χ1v) is 6.68. The lowest BCUT2D eigenvalue weighted by molar-refractivity contribution is -0.124. The Balaban J connectivity index is 1.66. The highest BCUT2D eigenvalue weighted by Gasteiger charge is 2.37. The Hall–Kier alpha value is -2.03. The van der Waals surface area contributed by atoms with Gasteiger partial charge in [0.2, 0.25) is 5.91 Å². The molecule has 21 heavy (non-hydrogen) atoms. The maximum atomic E-state index is 13.5. The average Bonchev–Trinajstić information content (AvgIpc) is 2.94. The summed E-state index contributed by atoms with van der Waals surface area (Å²) >= 11 is 0. The number of nitrogens with one attached hydrogen (secondary N) is 4. The minimum atomic E-state index is -1.07. The lowest BCUT2D eigenvalue weighted by Gasteiger charge is -2.27. The van der Waals surface area contributed by atoms with E-state index >= 15 is 0 Å². The van der Waals surface area contributed by atoms with Crippen molar-refractivity contribution in [3.8, 4) is 0 Å². The normalized spacial score (nSPS) is 27.9. The minimum absolute atomic E-state index is 0.0473. The minimum Gasteiger partial charge on any atom is -0.386 e. The molecule has 3 atom stereocenters. The highest BCUT2D eigenvalue weighted by Crippen LogP contribution is 2.17. The molecule has 2 saturated heterocycles. The molecule has 0 saturated carbocycles. The molecule has 0 spiro atoms. The van der Waals surface area contributed by atoms with Gasteiger partial charge in [-0.05, 0) is 6.07 Å². The number of hydrogen-bond donors (Lipinski definition) is 5. The molecule has 0 aliphatic carbocycles. The lowest BCUT2D eigenvalue weighted by atomic mass is 10.1. The summed E-state index contributed by atoms with van der Waals surface area (Å²) in [5.41, 5.74) is 5.99. The molecule has 2 fully saturated rings. The Morgan fingerprint density at radius 3 is 3.05 bits per heavy atom. The summed E-state index contributed by atoms with van der Waals surface area (Å²) in [6.45, 7) is 0.489. The number of carbonyl (C=O) groups excluding carboxylic acids is 1.